The number of halogens is 1. The van der Waals surface area contributed by atoms with E-state index >= 15 is 0 Å². The van der Waals surface area contributed by atoms with E-state index in [1.165, 1.54) is 0 Å². The Kier molecular flexibility index (Phi) is 3.65. The van der Waals surface area contributed by atoms with Crippen molar-refractivity contribution in [3.63, 3.8) is 0 Å². The summed E-state index contributed by atoms with van der Waals surface area (Å²) in [4.78, 5) is 18.6. The van der Waals surface area contributed by atoms with Crippen molar-refractivity contribution in [3.8, 4) is 16.9 Å². The molecule has 2 aromatic heterocycles. The number of fused-ring (bicyclic) bond motifs is 1. The van der Waals surface area contributed by atoms with Crippen LogP contribution in [0.5, 0.6) is 5.75 Å². The van der Waals surface area contributed by atoms with Gasteiger partial charge in [-0.25, -0.2) is 4.98 Å². The van der Waals surface area contributed by atoms with Crippen LogP contribution in [0.1, 0.15) is 23.2 Å². The van der Waals surface area contributed by atoms with E-state index in [1.54, 1.807) is 31.6 Å². The van der Waals surface area contributed by atoms with Crippen molar-refractivity contribution in [1.29, 1.82) is 0 Å². The molecule has 0 amide bonds. The first-order valence-electron chi connectivity index (χ1n) is 7.77. The molecule has 0 radical (unpaired) electrons. The molecular weight excluding hydrogens is 326 g/mol. The van der Waals surface area contributed by atoms with Crippen molar-refractivity contribution in [1.82, 2.24) is 9.97 Å². The molecule has 0 atom stereocenters. The molecule has 1 aromatic carbocycles. The van der Waals surface area contributed by atoms with E-state index in [0.29, 0.717) is 22.4 Å². The lowest BCUT2D eigenvalue weighted by Crippen LogP contribution is -2.04. The Balaban J connectivity index is 1.95. The fourth-order valence-corrected chi connectivity index (χ4v) is 3.09. The lowest BCUT2D eigenvalue weighted by Gasteiger charge is -2.16. The Labute approximate surface area is 144 Å². The van der Waals surface area contributed by atoms with Crippen molar-refractivity contribution in [2.24, 2.45) is 0 Å². The van der Waals surface area contributed by atoms with E-state index in [1.807, 2.05) is 6.07 Å². The van der Waals surface area contributed by atoms with Crippen LogP contribution in [0.15, 0.2) is 30.6 Å². The first-order chi connectivity index (χ1) is 11.7. The number of carbonyl (C=O) groups is 1. The number of carbonyl (C=O) groups excluding carboxylic acids is 1. The van der Waals surface area contributed by atoms with Crippen molar-refractivity contribution in [2.75, 3.05) is 12.4 Å². The van der Waals surface area contributed by atoms with Crippen LogP contribution >= 0.6 is 11.6 Å². The highest BCUT2D eigenvalue weighted by Crippen LogP contribution is 2.42. The summed E-state index contributed by atoms with van der Waals surface area (Å²) >= 11 is 6.37. The van der Waals surface area contributed by atoms with Gasteiger partial charge in [-0.1, -0.05) is 17.7 Å². The molecule has 24 heavy (non-hydrogen) atoms. The molecule has 0 aliphatic heterocycles. The van der Waals surface area contributed by atoms with Crippen LogP contribution in [0.4, 0.5) is 5.69 Å². The van der Waals surface area contributed by atoms with E-state index in [0.717, 1.165) is 47.0 Å². The normalized spacial score (nSPS) is 13.9. The SMILES string of the molecule is COc1cc(C=O)ccc1-c1cnc2[nH]cc(Cl)c2c1NC1CC1. The van der Waals surface area contributed by atoms with Crippen molar-refractivity contribution in [3.05, 3.63) is 41.2 Å². The molecule has 0 bridgehead atoms. The summed E-state index contributed by atoms with van der Waals surface area (Å²) in [5.41, 5.74) is 4.05. The first-order valence-corrected chi connectivity index (χ1v) is 8.14. The molecule has 0 saturated heterocycles. The Morgan fingerprint density at radius 2 is 2.21 bits per heavy atom. The van der Waals surface area contributed by atoms with Gasteiger partial charge in [0.25, 0.3) is 0 Å². The van der Waals surface area contributed by atoms with E-state index in [-0.39, 0.29) is 0 Å². The number of H-pyrrole nitrogens is 1. The van der Waals surface area contributed by atoms with Gasteiger partial charge in [0.1, 0.15) is 17.7 Å². The molecule has 1 aliphatic rings. The summed E-state index contributed by atoms with van der Waals surface area (Å²) < 4.78 is 5.49. The molecule has 3 aromatic rings. The second kappa shape index (κ2) is 5.83. The lowest BCUT2D eigenvalue weighted by molar-refractivity contribution is 0.112. The number of anilines is 1. The number of nitrogens with one attached hydrogen (secondary N) is 2. The maximum absolute atomic E-state index is 11.0. The predicted octanol–water partition coefficient (Wildman–Crippen LogP) is 4.28. The zero-order valence-electron chi connectivity index (χ0n) is 13.1. The van der Waals surface area contributed by atoms with Gasteiger partial charge in [-0.2, -0.15) is 0 Å². The number of nitrogens with zero attached hydrogens (tertiary/aromatic N) is 1. The number of pyridine rings is 1. The van der Waals surface area contributed by atoms with Gasteiger partial charge in [0.15, 0.2) is 0 Å². The number of methoxy groups -OCH3 is 1. The van der Waals surface area contributed by atoms with Gasteiger partial charge in [0.2, 0.25) is 0 Å². The molecule has 1 saturated carbocycles. The van der Waals surface area contributed by atoms with Crippen molar-refractivity contribution >= 4 is 34.6 Å². The predicted molar refractivity (Wildman–Crippen MR) is 95.1 cm³/mol. The summed E-state index contributed by atoms with van der Waals surface area (Å²) in [6, 6.07) is 5.84. The minimum atomic E-state index is 0.459. The topological polar surface area (TPSA) is 67.0 Å². The quantitative estimate of drug-likeness (QED) is 0.680. The Bertz CT molecular complexity index is 931. The van der Waals surface area contributed by atoms with Crippen LogP contribution in [-0.2, 0) is 0 Å². The summed E-state index contributed by atoms with van der Waals surface area (Å²) in [7, 11) is 1.59. The number of rotatable bonds is 5. The monoisotopic (exact) mass is 341 g/mol. The van der Waals surface area contributed by atoms with E-state index < -0.39 is 0 Å². The number of aldehydes is 1. The number of aromatic amines is 1. The maximum Gasteiger partial charge on any atom is 0.150 e. The zero-order valence-corrected chi connectivity index (χ0v) is 13.9. The Morgan fingerprint density at radius 1 is 1.38 bits per heavy atom. The number of hydrogen-bond donors (Lipinski definition) is 2. The summed E-state index contributed by atoms with van der Waals surface area (Å²) in [6.07, 6.45) is 6.64. The molecular formula is C18H16ClN3O2. The van der Waals surface area contributed by atoms with Crippen LogP contribution in [-0.4, -0.2) is 29.4 Å². The smallest absolute Gasteiger partial charge is 0.150 e. The van der Waals surface area contributed by atoms with Crippen LogP contribution in [0.2, 0.25) is 5.02 Å². The Morgan fingerprint density at radius 3 is 2.92 bits per heavy atom. The minimum Gasteiger partial charge on any atom is -0.496 e. The van der Waals surface area contributed by atoms with Gasteiger partial charge in [-0.3, -0.25) is 4.79 Å². The third-order valence-electron chi connectivity index (χ3n) is 4.23. The van der Waals surface area contributed by atoms with E-state index in [4.69, 9.17) is 16.3 Å². The molecule has 2 N–H and O–H groups in total. The zero-order chi connectivity index (χ0) is 16.7. The van der Waals surface area contributed by atoms with Gasteiger partial charge in [0, 0.05) is 35.1 Å². The number of benzene rings is 1. The summed E-state index contributed by atoms with van der Waals surface area (Å²) in [5, 5.41) is 5.07. The molecule has 5 nitrogen and oxygen atoms in total. The van der Waals surface area contributed by atoms with Gasteiger partial charge >= 0.3 is 0 Å². The van der Waals surface area contributed by atoms with Crippen molar-refractivity contribution in [2.45, 2.75) is 18.9 Å². The largest absolute Gasteiger partial charge is 0.496 e. The molecule has 2 heterocycles. The standard InChI is InChI=1S/C18H16ClN3O2/c1-24-15-6-10(9-23)2-5-12(15)13-7-20-18-16(14(19)8-21-18)17(13)22-11-3-4-11/h2,5-9,11H,3-4H2,1H3,(H2,20,21,22). The molecule has 0 unspecified atom stereocenters. The van der Waals surface area contributed by atoms with Gasteiger partial charge in [-0.05, 0) is 25.0 Å². The third kappa shape index (κ3) is 2.51. The molecule has 0 spiro atoms. The molecule has 122 valence electrons. The Hall–Kier alpha value is -2.53. The number of ether oxygens (including phenoxy) is 1. The molecule has 1 fully saturated rings. The van der Waals surface area contributed by atoms with Gasteiger partial charge < -0.3 is 15.0 Å². The van der Waals surface area contributed by atoms with Crippen LogP contribution in [0.3, 0.4) is 0 Å². The van der Waals surface area contributed by atoms with Crippen LogP contribution < -0.4 is 10.1 Å². The highest BCUT2D eigenvalue weighted by Gasteiger charge is 2.25. The van der Waals surface area contributed by atoms with Gasteiger partial charge in [-0.15, -0.1) is 0 Å². The van der Waals surface area contributed by atoms with Gasteiger partial charge in [0.05, 0.1) is 23.2 Å². The molecule has 1 aliphatic carbocycles. The fourth-order valence-electron chi connectivity index (χ4n) is 2.85. The number of aromatic nitrogens is 2. The second-order valence-corrected chi connectivity index (χ2v) is 6.31. The highest BCUT2D eigenvalue weighted by atomic mass is 35.5. The fraction of sp³-hybridized carbons (Fsp3) is 0.222. The third-order valence-corrected chi connectivity index (χ3v) is 4.53. The minimum absolute atomic E-state index is 0.459. The van der Waals surface area contributed by atoms with Crippen LogP contribution in [0.25, 0.3) is 22.2 Å². The molecule has 4 rings (SSSR count). The lowest BCUT2D eigenvalue weighted by atomic mass is 10.0. The van der Waals surface area contributed by atoms with Crippen molar-refractivity contribution < 1.29 is 9.53 Å². The highest BCUT2D eigenvalue weighted by molar-refractivity contribution is 6.36. The van der Waals surface area contributed by atoms with E-state index in [2.05, 4.69) is 15.3 Å². The first kappa shape index (κ1) is 15.0. The average Bonchev–Trinajstić information content (AvgIpc) is 3.35. The van der Waals surface area contributed by atoms with E-state index in [9.17, 15) is 4.79 Å². The number of hydrogen-bond acceptors (Lipinski definition) is 4. The second-order valence-electron chi connectivity index (χ2n) is 5.90. The maximum atomic E-state index is 11.0. The van der Waals surface area contributed by atoms with Crippen LogP contribution in [0, 0.1) is 0 Å². The summed E-state index contributed by atoms with van der Waals surface area (Å²) in [6.45, 7) is 0. The molecule has 6 heteroatoms. The summed E-state index contributed by atoms with van der Waals surface area (Å²) in [5.74, 6) is 0.631. The average molecular weight is 342 g/mol.